The van der Waals surface area contributed by atoms with Gasteiger partial charge in [0.1, 0.15) is 16.0 Å². The fraction of sp³-hybridized carbons (Fsp3) is 0.150. The first-order valence-corrected chi connectivity index (χ1v) is 9.64. The van der Waals surface area contributed by atoms with E-state index in [4.69, 9.17) is 11.6 Å². The summed E-state index contributed by atoms with van der Waals surface area (Å²) in [4.78, 5) is 29.3. The van der Waals surface area contributed by atoms with Crippen LogP contribution >= 0.6 is 27.5 Å². The number of amides is 3. The summed E-state index contributed by atoms with van der Waals surface area (Å²) in [6.45, 7) is 3.20. The van der Waals surface area contributed by atoms with E-state index >= 15 is 0 Å². The molecule has 3 N–H and O–H groups in total. The normalized spacial score (nSPS) is 11.1. The molecule has 144 valence electrons. The van der Waals surface area contributed by atoms with Crippen LogP contribution in [-0.2, 0) is 4.79 Å². The average Bonchev–Trinajstić information content (AvgIpc) is 2.63. The first kappa shape index (κ1) is 20.1. The highest BCUT2D eigenvalue weighted by Crippen LogP contribution is 2.25. The smallest absolute Gasteiger partial charge is 0.320 e. The van der Waals surface area contributed by atoms with E-state index in [0.29, 0.717) is 21.1 Å². The quantitative estimate of drug-likeness (QED) is 0.468. The summed E-state index contributed by atoms with van der Waals surface area (Å²) < 4.78 is 0.628. The van der Waals surface area contributed by atoms with E-state index < -0.39 is 17.5 Å². The standard InChI is InChI=1S/C20H18BrClN4O2/c1-20(2,26-19(28)23-15-10-6-5-9-14(15)22)18(27)25-16-11-12-7-3-4-8-13(12)17(21)24-16/h3-11H,1-2H3,(H2,23,26,28)(H,24,25,27). The molecule has 0 bridgehead atoms. The van der Waals surface area contributed by atoms with Crippen molar-refractivity contribution in [3.63, 3.8) is 0 Å². The minimum atomic E-state index is -1.19. The van der Waals surface area contributed by atoms with Crippen LogP contribution in [0.5, 0.6) is 0 Å². The van der Waals surface area contributed by atoms with Gasteiger partial charge in [-0.3, -0.25) is 4.79 Å². The Labute approximate surface area is 175 Å². The van der Waals surface area contributed by atoms with Crippen LogP contribution in [-0.4, -0.2) is 22.5 Å². The fourth-order valence-corrected chi connectivity index (χ4v) is 3.28. The molecule has 0 aliphatic carbocycles. The third kappa shape index (κ3) is 4.61. The van der Waals surface area contributed by atoms with Gasteiger partial charge in [-0.05, 0) is 53.4 Å². The Balaban J connectivity index is 1.70. The molecule has 1 aromatic heterocycles. The molecule has 0 saturated heterocycles. The first-order chi connectivity index (χ1) is 13.3. The van der Waals surface area contributed by atoms with Gasteiger partial charge in [0.15, 0.2) is 0 Å². The molecule has 0 aliphatic heterocycles. The number of rotatable bonds is 4. The second-order valence-electron chi connectivity index (χ2n) is 6.66. The van der Waals surface area contributed by atoms with Crippen molar-refractivity contribution in [2.24, 2.45) is 0 Å². The van der Waals surface area contributed by atoms with Gasteiger partial charge in [-0.25, -0.2) is 9.78 Å². The Morgan fingerprint density at radius 2 is 1.71 bits per heavy atom. The van der Waals surface area contributed by atoms with Crippen molar-refractivity contribution in [2.75, 3.05) is 10.6 Å². The maximum Gasteiger partial charge on any atom is 0.320 e. The summed E-state index contributed by atoms with van der Waals surface area (Å²) in [5.41, 5.74) is -0.733. The monoisotopic (exact) mass is 460 g/mol. The van der Waals surface area contributed by atoms with Crippen molar-refractivity contribution in [3.05, 3.63) is 64.2 Å². The van der Waals surface area contributed by atoms with Crippen molar-refractivity contribution in [1.29, 1.82) is 0 Å². The van der Waals surface area contributed by atoms with Crippen LogP contribution in [0.15, 0.2) is 59.2 Å². The summed E-state index contributed by atoms with van der Waals surface area (Å²) in [5.74, 6) is -0.0200. The van der Waals surface area contributed by atoms with Crippen LogP contribution in [0, 0.1) is 0 Å². The highest BCUT2D eigenvalue weighted by atomic mass is 79.9. The number of para-hydroxylation sites is 1. The molecule has 0 atom stereocenters. The molecule has 28 heavy (non-hydrogen) atoms. The predicted octanol–water partition coefficient (Wildman–Crippen LogP) is 5.19. The van der Waals surface area contributed by atoms with Crippen LogP contribution in [0.3, 0.4) is 0 Å². The van der Waals surface area contributed by atoms with Gasteiger partial charge in [-0.2, -0.15) is 0 Å². The molecule has 0 saturated carbocycles. The van der Waals surface area contributed by atoms with Gasteiger partial charge >= 0.3 is 6.03 Å². The Morgan fingerprint density at radius 3 is 2.46 bits per heavy atom. The lowest BCUT2D eigenvalue weighted by atomic mass is 10.0. The summed E-state index contributed by atoms with van der Waals surface area (Å²) in [6, 6.07) is 15.8. The molecule has 0 radical (unpaired) electrons. The number of pyridine rings is 1. The average molecular weight is 462 g/mol. The Kier molecular flexibility index (Phi) is 5.86. The molecule has 2 aromatic carbocycles. The van der Waals surface area contributed by atoms with Crippen LogP contribution in [0.4, 0.5) is 16.3 Å². The second kappa shape index (κ2) is 8.16. The molecule has 0 aliphatic rings. The Hall–Kier alpha value is -2.64. The first-order valence-electron chi connectivity index (χ1n) is 8.47. The van der Waals surface area contributed by atoms with Gasteiger partial charge in [0.2, 0.25) is 0 Å². The summed E-state index contributed by atoms with van der Waals surface area (Å²) in [7, 11) is 0. The number of hydrogen-bond donors (Lipinski definition) is 3. The van der Waals surface area contributed by atoms with E-state index in [-0.39, 0.29) is 0 Å². The van der Waals surface area contributed by atoms with E-state index in [1.165, 1.54) is 0 Å². The molecule has 0 spiro atoms. The van der Waals surface area contributed by atoms with Gasteiger partial charge in [0.05, 0.1) is 10.7 Å². The largest absolute Gasteiger partial charge is 0.324 e. The number of carbonyl (C=O) groups is 2. The zero-order valence-electron chi connectivity index (χ0n) is 15.2. The number of anilines is 2. The van der Waals surface area contributed by atoms with Crippen molar-refractivity contribution in [1.82, 2.24) is 10.3 Å². The Morgan fingerprint density at radius 1 is 1.04 bits per heavy atom. The van der Waals surface area contributed by atoms with E-state index in [1.54, 1.807) is 44.2 Å². The van der Waals surface area contributed by atoms with Gasteiger partial charge in [0.25, 0.3) is 5.91 Å². The third-order valence-electron chi connectivity index (χ3n) is 4.05. The second-order valence-corrected chi connectivity index (χ2v) is 7.82. The zero-order chi connectivity index (χ0) is 20.3. The maximum atomic E-state index is 12.7. The maximum absolute atomic E-state index is 12.7. The van der Waals surface area contributed by atoms with Crippen molar-refractivity contribution < 1.29 is 9.59 Å². The molecule has 0 unspecified atom stereocenters. The van der Waals surface area contributed by atoms with Crippen LogP contribution in [0.1, 0.15) is 13.8 Å². The lowest BCUT2D eigenvalue weighted by Gasteiger charge is -2.25. The van der Waals surface area contributed by atoms with Crippen molar-refractivity contribution in [2.45, 2.75) is 19.4 Å². The van der Waals surface area contributed by atoms with Gasteiger partial charge < -0.3 is 16.0 Å². The Bertz CT molecular complexity index is 1060. The number of nitrogens with one attached hydrogen (secondary N) is 3. The molecule has 0 fully saturated rings. The van der Waals surface area contributed by atoms with Crippen LogP contribution in [0.25, 0.3) is 10.8 Å². The fourth-order valence-electron chi connectivity index (χ4n) is 2.55. The van der Waals surface area contributed by atoms with E-state index in [1.807, 2.05) is 24.3 Å². The molecule has 8 heteroatoms. The topological polar surface area (TPSA) is 83.1 Å². The third-order valence-corrected chi connectivity index (χ3v) is 4.99. The van der Waals surface area contributed by atoms with Gasteiger partial charge in [0, 0.05) is 5.39 Å². The minimum absolute atomic E-state index is 0.386. The lowest BCUT2D eigenvalue weighted by molar-refractivity contribution is -0.120. The molecule has 6 nitrogen and oxygen atoms in total. The summed E-state index contributed by atoms with van der Waals surface area (Å²) >= 11 is 9.46. The number of fused-ring (bicyclic) bond motifs is 1. The molecular formula is C20H18BrClN4O2. The molecule has 3 amide bonds. The van der Waals surface area contributed by atoms with E-state index in [9.17, 15) is 9.59 Å². The van der Waals surface area contributed by atoms with Crippen molar-refractivity contribution in [3.8, 4) is 0 Å². The molecule has 3 rings (SSSR count). The number of aromatic nitrogens is 1. The van der Waals surface area contributed by atoms with Gasteiger partial charge in [-0.15, -0.1) is 0 Å². The van der Waals surface area contributed by atoms with E-state index in [2.05, 4.69) is 36.9 Å². The minimum Gasteiger partial charge on any atom is -0.324 e. The molecule has 3 aromatic rings. The highest BCUT2D eigenvalue weighted by Gasteiger charge is 2.30. The number of benzene rings is 2. The van der Waals surface area contributed by atoms with Crippen LogP contribution in [0.2, 0.25) is 5.02 Å². The predicted molar refractivity (Wildman–Crippen MR) is 116 cm³/mol. The molecular weight excluding hydrogens is 444 g/mol. The van der Waals surface area contributed by atoms with Gasteiger partial charge in [-0.1, -0.05) is 48.0 Å². The van der Waals surface area contributed by atoms with Crippen molar-refractivity contribution >= 4 is 61.7 Å². The SMILES string of the molecule is CC(C)(NC(=O)Nc1ccccc1Cl)C(=O)Nc1cc2ccccc2c(Br)n1. The number of hydrogen-bond acceptors (Lipinski definition) is 3. The van der Waals surface area contributed by atoms with E-state index in [0.717, 1.165) is 10.8 Å². The molecule has 1 heterocycles. The highest BCUT2D eigenvalue weighted by molar-refractivity contribution is 9.10. The van der Waals surface area contributed by atoms with Crippen LogP contribution < -0.4 is 16.0 Å². The number of nitrogens with zero attached hydrogens (tertiary/aromatic N) is 1. The number of carbonyl (C=O) groups excluding carboxylic acids is 2. The lowest BCUT2D eigenvalue weighted by Crippen LogP contribution is -2.53. The zero-order valence-corrected chi connectivity index (χ0v) is 17.6. The number of urea groups is 1. The number of halogens is 2. The summed E-state index contributed by atoms with van der Waals surface area (Å²) in [5, 5.41) is 10.3. The summed E-state index contributed by atoms with van der Waals surface area (Å²) in [6.07, 6.45) is 0.